The van der Waals surface area contributed by atoms with Gasteiger partial charge < -0.3 is 5.11 Å². The normalized spacial score (nSPS) is 10.5. The summed E-state index contributed by atoms with van der Waals surface area (Å²) in [5.74, 6) is -2.50. The Morgan fingerprint density at radius 3 is 2.47 bits per heavy atom. The third-order valence-corrected chi connectivity index (χ3v) is 2.15. The SMILES string of the molecule is O=C(O)C(=O)/C=C/c1ccc(Cl)cc1Cl. The molecule has 78 valence electrons. The van der Waals surface area contributed by atoms with Crippen LogP contribution in [-0.2, 0) is 9.59 Å². The molecule has 0 aromatic heterocycles. The molecule has 0 fully saturated rings. The molecule has 0 bridgehead atoms. The second-order valence-electron chi connectivity index (χ2n) is 2.67. The summed E-state index contributed by atoms with van der Waals surface area (Å²) < 4.78 is 0. The summed E-state index contributed by atoms with van der Waals surface area (Å²) in [6.45, 7) is 0. The van der Waals surface area contributed by atoms with E-state index in [0.29, 0.717) is 15.6 Å². The molecule has 0 saturated heterocycles. The molecule has 0 aliphatic carbocycles. The zero-order valence-electron chi connectivity index (χ0n) is 7.41. The number of carboxylic acid groups (broad SMARTS) is 1. The Bertz CT molecular complexity index is 438. The summed E-state index contributed by atoms with van der Waals surface area (Å²) in [7, 11) is 0. The Morgan fingerprint density at radius 1 is 1.27 bits per heavy atom. The molecule has 0 spiro atoms. The second kappa shape index (κ2) is 4.96. The summed E-state index contributed by atoms with van der Waals surface area (Å²) in [6.07, 6.45) is 2.27. The smallest absolute Gasteiger partial charge is 0.376 e. The van der Waals surface area contributed by atoms with E-state index in [0.717, 1.165) is 6.08 Å². The molecule has 15 heavy (non-hydrogen) atoms. The number of carboxylic acids is 1. The molecule has 1 aromatic rings. The number of hydrogen-bond acceptors (Lipinski definition) is 2. The van der Waals surface area contributed by atoms with Crippen LogP contribution in [0.15, 0.2) is 24.3 Å². The Labute approximate surface area is 95.9 Å². The minimum atomic E-state index is -1.50. The summed E-state index contributed by atoms with van der Waals surface area (Å²) >= 11 is 11.5. The van der Waals surface area contributed by atoms with E-state index in [4.69, 9.17) is 28.3 Å². The van der Waals surface area contributed by atoms with Gasteiger partial charge in [-0.15, -0.1) is 0 Å². The summed E-state index contributed by atoms with van der Waals surface area (Å²) in [6, 6.07) is 4.70. The molecule has 0 aliphatic rings. The molecule has 3 nitrogen and oxygen atoms in total. The molecule has 5 heteroatoms. The molecule has 1 N–H and O–H groups in total. The quantitative estimate of drug-likeness (QED) is 0.657. The number of carbonyl (C=O) groups is 2. The molecular weight excluding hydrogens is 239 g/mol. The van der Waals surface area contributed by atoms with Crippen LogP contribution in [-0.4, -0.2) is 16.9 Å². The first-order valence-corrected chi connectivity index (χ1v) is 4.66. The predicted molar refractivity (Wildman–Crippen MR) is 58.1 cm³/mol. The highest BCUT2D eigenvalue weighted by Gasteiger charge is 2.06. The average molecular weight is 245 g/mol. The van der Waals surface area contributed by atoms with Gasteiger partial charge >= 0.3 is 5.97 Å². The van der Waals surface area contributed by atoms with Gasteiger partial charge in [0.1, 0.15) is 0 Å². The van der Waals surface area contributed by atoms with Crippen molar-refractivity contribution < 1.29 is 14.7 Å². The van der Waals surface area contributed by atoms with Crippen LogP contribution >= 0.6 is 23.2 Å². The molecule has 0 atom stereocenters. The monoisotopic (exact) mass is 244 g/mol. The Hall–Kier alpha value is -1.32. The molecule has 1 aromatic carbocycles. The standard InChI is InChI=1S/C10H6Cl2O3/c11-7-3-1-6(8(12)5-7)2-4-9(13)10(14)15/h1-5H,(H,14,15)/b4-2+. The van der Waals surface area contributed by atoms with Gasteiger partial charge in [-0.2, -0.15) is 0 Å². The van der Waals surface area contributed by atoms with Crippen molar-refractivity contribution in [3.63, 3.8) is 0 Å². The number of carbonyl (C=O) groups excluding carboxylic acids is 1. The third kappa shape index (κ3) is 3.38. The van der Waals surface area contributed by atoms with Crippen molar-refractivity contribution in [3.8, 4) is 0 Å². The zero-order valence-corrected chi connectivity index (χ0v) is 8.92. The van der Waals surface area contributed by atoms with Gasteiger partial charge in [-0.3, -0.25) is 4.79 Å². The van der Waals surface area contributed by atoms with Crippen LogP contribution in [0.5, 0.6) is 0 Å². The van der Waals surface area contributed by atoms with E-state index in [1.54, 1.807) is 12.1 Å². The van der Waals surface area contributed by atoms with Crippen LogP contribution in [0.1, 0.15) is 5.56 Å². The van der Waals surface area contributed by atoms with Crippen molar-refractivity contribution in [3.05, 3.63) is 39.9 Å². The Kier molecular flexibility index (Phi) is 3.88. The zero-order chi connectivity index (χ0) is 11.4. The Balaban J connectivity index is 2.90. The summed E-state index contributed by atoms with van der Waals surface area (Å²) in [4.78, 5) is 20.9. The highest BCUT2D eigenvalue weighted by molar-refractivity contribution is 6.39. The van der Waals surface area contributed by atoms with Gasteiger partial charge in [0, 0.05) is 10.0 Å². The lowest BCUT2D eigenvalue weighted by Crippen LogP contribution is -2.08. The van der Waals surface area contributed by atoms with Gasteiger partial charge in [0.2, 0.25) is 0 Å². The molecule has 0 unspecified atom stereocenters. The summed E-state index contributed by atoms with van der Waals surface area (Å²) in [5.41, 5.74) is 0.538. The van der Waals surface area contributed by atoms with Crippen LogP contribution in [0, 0.1) is 0 Å². The van der Waals surface area contributed by atoms with Gasteiger partial charge in [-0.1, -0.05) is 29.3 Å². The largest absolute Gasteiger partial charge is 0.475 e. The fraction of sp³-hybridized carbons (Fsp3) is 0. The van der Waals surface area contributed by atoms with Crippen molar-refractivity contribution in [1.82, 2.24) is 0 Å². The topological polar surface area (TPSA) is 54.4 Å². The fourth-order valence-electron chi connectivity index (χ4n) is 0.873. The second-order valence-corrected chi connectivity index (χ2v) is 3.51. The van der Waals surface area contributed by atoms with E-state index in [9.17, 15) is 9.59 Å². The van der Waals surface area contributed by atoms with E-state index in [1.807, 2.05) is 0 Å². The first-order valence-electron chi connectivity index (χ1n) is 3.91. The van der Waals surface area contributed by atoms with E-state index in [1.165, 1.54) is 12.1 Å². The minimum Gasteiger partial charge on any atom is -0.475 e. The highest BCUT2D eigenvalue weighted by Crippen LogP contribution is 2.21. The van der Waals surface area contributed by atoms with Crippen molar-refractivity contribution in [2.45, 2.75) is 0 Å². The number of halogens is 2. The molecule has 0 radical (unpaired) electrons. The first-order chi connectivity index (χ1) is 7.00. The lowest BCUT2D eigenvalue weighted by atomic mass is 10.2. The van der Waals surface area contributed by atoms with E-state index < -0.39 is 11.8 Å². The maximum absolute atomic E-state index is 10.7. The molecule has 0 amide bonds. The molecular formula is C10H6Cl2O3. The number of aliphatic carboxylic acids is 1. The lowest BCUT2D eigenvalue weighted by Gasteiger charge is -1.97. The van der Waals surface area contributed by atoms with Crippen molar-refractivity contribution >= 4 is 41.0 Å². The number of ketones is 1. The first kappa shape index (κ1) is 11.8. The molecule has 1 rings (SSSR count). The number of hydrogen-bond donors (Lipinski definition) is 1. The minimum absolute atomic E-state index is 0.358. The highest BCUT2D eigenvalue weighted by atomic mass is 35.5. The van der Waals surface area contributed by atoms with E-state index >= 15 is 0 Å². The van der Waals surface area contributed by atoms with Crippen molar-refractivity contribution in [1.29, 1.82) is 0 Å². The molecule has 0 aliphatic heterocycles. The lowest BCUT2D eigenvalue weighted by molar-refractivity contribution is -0.146. The van der Waals surface area contributed by atoms with Gasteiger partial charge in [0.25, 0.3) is 5.78 Å². The van der Waals surface area contributed by atoms with Crippen LogP contribution in [0.3, 0.4) is 0 Å². The van der Waals surface area contributed by atoms with E-state index in [-0.39, 0.29) is 0 Å². The van der Waals surface area contributed by atoms with Crippen LogP contribution < -0.4 is 0 Å². The Morgan fingerprint density at radius 2 is 1.93 bits per heavy atom. The maximum atomic E-state index is 10.7. The van der Waals surface area contributed by atoms with Gasteiger partial charge in [-0.05, 0) is 29.8 Å². The molecule has 0 saturated carbocycles. The van der Waals surface area contributed by atoms with Crippen LogP contribution in [0.2, 0.25) is 10.0 Å². The number of benzene rings is 1. The third-order valence-electron chi connectivity index (χ3n) is 1.59. The molecule has 0 heterocycles. The van der Waals surface area contributed by atoms with Gasteiger partial charge in [-0.25, -0.2) is 4.79 Å². The maximum Gasteiger partial charge on any atom is 0.376 e. The summed E-state index contributed by atoms with van der Waals surface area (Å²) in [5, 5.41) is 9.15. The predicted octanol–water partition coefficient (Wildman–Crippen LogP) is 2.66. The van der Waals surface area contributed by atoms with Crippen molar-refractivity contribution in [2.75, 3.05) is 0 Å². The van der Waals surface area contributed by atoms with E-state index in [2.05, 4.69) is 0 Å². The van der Waals surface area contributed by atoms with Gasteiger partial charge in [0.05, 0.1) is 0 Å². The van der Waals surface area contributed by atoms with Crippen LogP contribution in [0.4, 0.5) is 0 Å². The van der Waals surface area contributed by atoms with Crippen molar-refractivity contribution in [2.24, 2.45) is 0 Å². The fourth-order valence-corrected chi connectivity index (χ4v) is 1.34. The average Bonchev–Trinajstić information content (AvgIpc) is 2.15. The van der Waals surface area contributed by atoms with Gasteiger partial charge in [0.15, 0.2) is 0 Å². The van der Waals surface area contributed by atoms with Crippen LogP contribution in [0.25, 0.3) is 6.08 Å². The number of rotatable bonds is 3.